The Hall–Kier alpha value is -2.93. The molecule has 1 aliphatic rings. The molecule has 5 rings (SSSR count). The molecule has 1 saturated carbocycles. The molecule has 0 atom stereocenters. The second kappa shape index (κ2) is 6.35. The van der Waals surface area contributed by atoms with E-state index in [1.807, 2.05) is 46.7 Å². The average molecular weight is 380 g/mol. The Morgan fingerprint density at radius 2 is 2.11 bits per heavy atom. The molecular formula is C19H18ClN7. The molecule has 4 aromatic heterocycles. The number of halogens is 1. The summed E-state index contributed by atoms with van der Waals surface area (Å²) in [5, 5.41) is 8.36. The Labute approximate surface area is 161 Å². The van der Waals surface area contributed by atoms with Crippen molar-refractivity contribution in [2.75, 3.05) is 5.32 Å². The van der Waals surface area contributed by atoms with E-state index in [0.29, 0.717) is 17.6 Å². The number of pyridine rings is 1. The highest BCUT2D eigenvalue weighted by molar-refractivity contribution is 6.29. The molecule has 4 heterocycles. The molecule has 8 heteroatoms. The van der Waals surface area contributed by atoms with Gasteiger partial charge in [-0.15, -0.1) is 0 Å². The second-order valence-electron chi connectivity index (χ2n) is 6.80. The lowest BCUT2D eigenvalue weighted by Gasteiger charge is -2.09. The van der Waals surface area contributed by atoms with Crippen LogP contribution in [-0.4, -0.2) is 29.1 Å². The van der Waals surface area contributed by atoms with Crippen LogP contribution in [0.4, 0.5) is 5.82 Å². The van der Waals surface area contributed by atoms with E-state index in [0.717, 1.165) is 28.7 Å². The van der Waals surface area contributed by atoms with Crippen molar-refractivity contribution in [1.29, 1.82) is 0 Å². The topological polar surface area (TPSA) is 72.9 Å². The highest BCUT2D eigenvalue weighted by atomic mass is 35.5. The molecule has 0 radical (unpaired) electrons. The van der Waals surface area contributed by atoms with Crippen LogP contribution in [0.1, 0.15) is 30.1 Å². The fraction of sp³-hybridized carbons (Fsp3) is 0.263. The second-order valence-corrected chi connectivity index (χ2v) is 7.18. The Morgan fingerprint density at radius 3 is 2.89 bits per heavy atom. The smallest absolute Gasteiger partial charge is 0.162 e. The number of aromatic nitrogens is 6. The van der Waals surface area contributed by atoms with Crippen LogP contribution >= 0.6 is 11.6 Å². The Bertz CT molecular complexity index is 1110. The van der Waals surface area contributed by atoms with Crippen molar-refractivity contribution >= 4 is 23.1 Å². The van der Waals surface area contributed by atoms with E-state index in [4.69, 9.17) is 16.6 Å². The molecule has 1 N–H and O–H groups in total. The zero-order chi connectivity index (χ0) is 18.4. The molecular weight excluding hydrogens is 362 g/mol. The third-order valence-electron chi connectivity index (χ3n) is 4.81. The van der Waals surface area contributed by atoms with Crippen LogP contribution < -0.4 is 5.32 Å². The molecule has 1 aliphatic carbocycles. The molecule has 0 unspecified atom stereocenters. The van der Waals surface area contributed by atoms with Crippen LogP contribution in [-0.2, 0) is 13.6 Å². The van der Waals surface area contributed by atoms with Gasteiger partial charge in [0.1, 0.15) is 22.5 Å². The zero-order valence-corrected chi connectivity index (χ0v) is 15.6. The number of nitrogens with zero attached hydrogens (tertiary/aromatic N) is 6. The molecule has 0 aliphatic heterocycles. The molecule has 136 valence electrons. The van der Waals surface area contributed by atoms with E-state index in [9.17, 15) is 0 Å². The number of imidazole rings is 1. The van der Waals surface area contributed by atoms with Gasteiger partial charge >= 0.3 is 0 Å². The molecule has 0 saturated heterocycles. The van der Waals surface area contributed by atoms with E-state index in [-0.39, 0.29) is 0 Å². The van der Waals surface area contributed by atoms with Crippen molar-refractivity contribution in [2.45, 2.75) is 25.3 Å². The minimum Gasteiger partial charge on any atom is -0.363 e. The van der Waals surface area contributed by atoms with Gasteiger partial charge in [0.2, 0.25) is 0 Å². The van der Waals surface area contributed by atoms with Gasteiger partial charge in [-0.2, -0.15) is 9.61 Å². The van der Waals surface area contributed by atoms with Gasteiger partial charge in [0, 0.05) is 31.1 Å². The first kappa shape index (κ1) is 16.3. The number of aryl methyl sites for hydroxylation is 1. The van der Waals surface area contributed by atoms with Gasteiger partial charge in [-0.3, -0.25) is 4.98 Å². The van der Waals surface area contributed by atoms with Gasteiger partial charge < -0.3 is 9.88 Å². The van der Waals surface area contributed by atoms with Crippen LogP contribution in [0.15, 0.2) is 42.9 Å². The molecule has 0 aromatic carbocycles. The quantitative estimate of drug-likeness (QED) is 0.535. The summed E-state index contributed by atoms with van der Waals surface area (Å²) in [7, 11) is 1.98. The summed E-state index contributed by atoms with van der Waals surface area (Å²) in [6.07, 6.45) is 8.05. The van der Waals surface area contributed by atoms with Crippen LogP contribution in [0, 0.1) is 0 Å². The largest absolute Gasteiger partial charge is 0.363 e. The third kappa shape index (κ3) is 3.04. The maximum atomic E-state index is 6.25. The van der Waals surface area contributed by atoms with Crippen LogP contribution in [0.2, 0.25) is 5.15 Å². The molecule has 27 heavy (non-hydrogen) atoms. The summed E-state index contributed by atoms with van der Waals surface area (Å²) in [5.41, 5.74) is 3.72. The first-order chi connectivity index (χ1) is 13.2. The Kier molecular flexibility index (Phi) is 3.82. The van der Waals surface area contributed by atoms with Crippen LogP contribution in [0.3, 0.4) is 0 Å². The normalized spacial score (nSPS) is 14.0. The first-order valence-corrected chi connectivity index (χ1v) is 9.28. The molecule has 1 fully saturated rings. The summed E-state index contributed by atoms with van der Waals surface area (Å²) < 4.78 is 3.82. The van der Waals surface area contributed by atoms with Gasteiger partial charge in [-0.05, 0) is 30.9 Å². The van der Waals surface area contributed by atoms with E-state index < -0.39 is 0 Å². The lowest BCUT2D eigenvalue weighted by atomic mass is 10.2. The zero-order valence-electron chi connectivity index (χ0n) is 14.8. The van der Waals surface area contributed by atoms with Crippen LogP contribution in [0.25, 0.3) is 17.0 Å². The number of fused-ring (bicyclic) bond motifs is 1. The summed E-state index contributed by atoms with van der Waals surface area (Å²) in [6.45, 7) is 0.539. The fourth-order valence-electron chi connectivity index (χ4n) is 3.23. The van der Waals surface area contributed by atoms with Crippen molar-refractivity contribution in [3.63, 3.8) is 0 Å². The maximum Gasteiger partial charge on any atom is 0.162 e. The highest BCUT2D eigenvalue weighted by Gasteiger charge is 2.28. The number of nitrogens with one attached hydrogen (secondary N) is 1. The van der Waals surface area contributed by atoms with Gasteiger partial charge in [0.05, 0.1) is 18.4 Å². The van der Waals surface area contributed by atoms with Crippen molar-refractivity contribution in [2.24, 2.45) is 7.05 Å². The van der Waals surface area contributed by atoms with E-state index in [1.54, 1.807) is 12.3 Å². The minimum absolute atomic E-state index is 0.460. The lowest BCUT2D eigenvalue weighted by molar-refractivity contribution is 0.804. The lowest BCUT2D eigenvalue weighted by Crippen LogP contribution is -2.09. The molecule has 4 aromatic rings. The van der Waals surface area contributed by atoms with Crippen molar-refractivity contribution < 1.29 is 0 Å². The monoisotopic (exact) mass is 379 g/mol. The standard InChI is InChI=1S/C19H18ClN7/c1-26-11-15(14-4-2-3-7-21-14)24-18(26)10-22-17-8-16(20)25-19-13(12-5-6-12)9-23-27(17)19/h2-4,7-9,11-12,22H,5-6,10H2,1H3. The number of anilines is 1. The fourth-order valence-corrected chi connectivity index (χ4v) is 3.42. The average Bonchev–Trinajstić information content (AvgIpc) is 3.32. The highest BCUT2D eigenvalue weighted by Crippen LogP contribution is 2.42. The third-order valence-corrected chi connectivity index (χ3v) is 5.01. The summed E-state index contributed by atoms with van der Waals surface area (Å²) >= 11 is 6.25. The van der Waals surface area contributed by atoms with E-state index >= 15 is 0 Å². The summed E-state index contributed by atoms with van der Waals surface area (Å²) in [5.74, 6) is 2.27. The summed E-state index contributed by atoms with van der Waals surface area (Å²) in [4.78, 5) is 13.5. The Balaban J connectivity index is 1.43. The molecule has 0 amide bonds. The summed E-state index contributed by atoms with van der Waals surface area (Å²) in [6, 6.07) is 7.60. The Morgan fingerprint density at radius 1 is 1.22 bits per heavy atom. The molecule has 0 spiro atoms. The van der Waals surface area contributed by atoms with Gasteiger partial charge in [0.15, 0.2) is 5.65 Å². The predicted molar refractivity (Wildman–Crippen MR) is 104 cm³/mol. The van der Waals surface area contributed by atoms with E-state index in [1.165, 1.54) is 18.4 Å². The predicted octanol–water partition coefficient (Wildman–Crippen LogP) is 3.67. The molecule has 0 bridgehead atoms. The molecule has 7 nitrogen and oxygen atoms in total. The SMILES string of the molecule is Cn1cc(-c2ccccn2)nc1CNc1cc(Cl)nc2c(C3CC3)cnn12. The van der Waals surface area contributed by atoms with Crippen molar-refractivity contribution in [3.05, 3.63) is 59.4 Å². The maximum absolute atomic E-state index is 6.25. The van der Waals surface area contributed by atoms with E-state index in [2.05, 4.69) is 20.4 Å². The van der Waals surface area contributed by atoms with Crippen molar-refractivity contribution in [1.82, 2.24) is 29.1 Å². The number of rotatable bonds is 5. The van der Waals surface area contributed by atoms with Crippen LogP contribution in [0.5, 0.6) is 0 Å². The minimum atomic E-state index is 0.460. The van der Waals surface area contributed by atoms with Gasteiger partial charge in [0.25, 0.3) is 0 Å². The van der Waals surface area contributed by atoms with Gasteiger partial charge in [-0.1, -0.05) is 17.7 Å². The van der Waals surface area contributed by atoms with Crippen molar-refractivity contribution in [3.8, 4) is 11.4 Å². The number of hydrogen-bond acceptors (Lipinski definition) is 5. The number of hydrogen-bond donors (Lipinski definition) is 1. The van der Waals surface area contributed by atoms with Gasteiger partial charge in [-0.25, -0.2) is 9.97 Å². The first-order valence-electron chi connectivity index (χ1n) is 8.91.